The summed E-state index contributed by atoms with van der Waals surface area (Å²) in [4.78, 5) is 11.4. The molecule has 0 saturated carbocycles. The molecule has 0 radical (unpaired) electrons. The molecule has 2 aromatic carbocycles. The molecule has 0 aromatic heterocycles. The highest BCUT2D eigenvalue weighted by atomic mass is 32.2. The van der Waals surface area contributed by atoms with E-state index in [0.717, 1.165) is 22.3 Å². The van der Waals surface area contributed by atoms with Gasteiger partial charge in [0.05, 0.1) is 10.8 Å². The van der Waals surface area contributed by atoms with E-state index in [1.165, 1.54) is 0 Å². The predicted molar refractivity (Wildman–Crippen MR) is 69.6 cm³/mol. The number of carbonyl (C=O) groups excluding carboxylic acids is 1. The highest BCUT2D eigenvalue weighted by Crippen LogP contribution is 2.25. The molecule has 1 unspecified atom stereocenters. The van der Waals surface area contributed by atoms with Crippen molar-refractivity contribution in [1.29, 1.82) is 0 Å². The molecule has 0 aliphatic heterocycles. The summed E-state index contributed by atoms with van der Waals surface area (Å²) >= 11 is 0. The van der Waals surface area contributed by atoms with Crippen molar-refractivity contribution >= 4 is 17.1 Å². The van der Waals surface area contributed by atoms with Gasteiger partial charge in [-0.05, 0) is 17.2 Å². The van der Waals surface area contributed by atoms with E-state index in [1.807, 2.05) is 36.4 Å². The van der Waals surface area contributed by atoms with Crippen LogP contribution in [-0.2, 0) is 10.8 Å². The smallest absolute Gasteiger partial charge is 0.150 e. The molecule has 2 aromatic rings. The van der Waals surface area contributed by atoms with Gasteiger partial charge in [-0.15, -0.1) is 0 Å². The Kier molecular flexibility index (Phi) is 3.49. The lowest BCUT2D eigenvalue weighted by Crippen LogP contribution is -1.91. The Labute approximate surface area is 103 Å². The first-order valence-electron chi connectivity index (χ1n) is 5.20. The first kappa shape index (κ1) is 11.7. The topological polar surface area (TPSA) is 34.1 Å². The van der Waals surface area contributed by atoms with Gasteiger partial charge in [-0.3, -0.25) is 9.00 Å². The average Bonchev–Trinajstić information content (AvgIpc) is 2.39. The average molecular weight is 244 g/mol. The van der Waals surface area contributed by atoms with E-state index in [0.29, 0.717) is 5.56 Å². The molecule has 1 atom stereocenters. The monoisotopic (exact) mass is 244 g/mol. The molecule has 0 heterocycles. The summed E-state index contributed by atoms with van der Waals surface area (Å²) < 4.78 is 11.6. The number of rotatable bonds is 3. The fourth-order valence-electron chi connectivity index (χ4n) is 1.70. The second-order valence-electron chi connectivity index (χ2n) is 3.69. The van der Waals surface area contributed by atoms with Gasteiger partial charge in [0, 0.05) is 16.7 Å². The molecule has 0 aliphatic rings. The van der Waals surface area contributed by atoms with Crippen molar-refractivity contribution in [2.24, 2.45) is 0 Å². The van der Waals surface area contributed by atoms with E-state index in [9.17, 15) is 9.00 Å². The zero-order valence-electron chi connectivity index (χ0n) is 9.42. The van der Waals surface area contributed by atoms with Crippen LogP contribution in [0.1, 0.15) is 10.4 Å². The van der Waals surface area contributed by atoms with Gasteiger partial charge in [0.15, 0.2) is 0 Å². The Hall–Kier alpha value is -1.74. The molecule has 0 saturated heterocycles. The largest absolute Gasteiger partial charge is 0.298 e. The first-order chi connectivity index (χ1) is 8.22. The zero-order chi connectivity index (χ0) is 12.3. The van der Waals surface area contributed by atoms with E-state index in [1.54, 1.807) is 18.4 Å². The summed E-state index contributed by atoms with van der Waals surface area (Å²) in [6.45, 7) is 0. The van der Waals surface area contributed by atoms with Crippen molar-refractivity contribution in [2.45, 2.75) is 4.90 Å². The Bertz CT molecular complexity index is 559. The zero-order valence-corrected chi connectivity index (χ0v) is 10.2. The summed E-state index contributed by atoms with van der Waals surface area (Å²) in [5.74, 6) is 0. The lowest BCUT2D eigenvalue weighted by Gasteiger charge is -2.07. The molecule has 0 fully saturated rings. The highest BCUT2D eigenvalue weighted by molar-refractivity contribution is 7.84. The second kappa shape index (κ2) is 5.06. The lowest BCUT2D eigenvalue weighted by atomic mass is 10.0. The number of aldehydes is 1. The molecule has 3 heteroatoms. The Morgan fingerprint density at radius 3 is 2.24 bits per heavy atom. The van der Waals surface area contributed by atoms with E-state index < -0.39 is 10.8 Å². The molecule has 0 aliphatic carbocycles. The molecule has 86 valence electrons. The summed E-state index contributed by atoms with van der Waals surface area (Å²) in [7, 11) is -1.02. The summed E-state index contributed by atoms with van der Waals surface area (Å²) in [5, 5.41) is 0. The minimum Gasteiger partial charge on any atom is -0.298 e. The molecule has 2 nitrogen and oxygen atoms in total. The molecule has 0 amide bonds. The summed E-state index contributed by atoms with van der Waals surface area (Å²) in [5.41, 5.74) is 2.57. The van der Waals surface area contributed by atoms with Gasteiger partial charge in [-0.2, -0.15) is 0 Å². The maximum absolute atomic E-state index is 11.6. The van der Waals surface area contributed by atoms with Gasteiger partial charge in [-0.1, -0.05) is 42.5 Å². The van der Waals surface area contributed by atoms with E-state index >= 15 is 0 Å². The maximum Gasteiger partial charge on any atom is 0.150 e. The Morgan fingerprint density at radius 1 is 1.00 bits per heavy atom. The van der Waals surface area contributed by atoms with Crippen LogP contribution in [0.25, 0.3) is 11.1 Å². The fourth-order valence-corrected chi connectivity index (χ4v) is 2.46. The van der Waals surface area contributed by atoms with Crippen molar-refractivity contribution in [2.75, 3.05) is 6.26 Å². The van der Waals surface area contributed by atoms with Crippen LogP contribution >= 0.6 is 0 Å². The third kappa shape index (κ3) is 2.50. The fraction of sp³-hybridized carbons (Fsp3) is 0.0714. The molecular formula is C14H12O2S. The Balaban J connectivity index is 2.52. The van der Waals surface area contributed by atoms with Crippen LogP contribution in [0.4, 0.5) is 0 Å². The van der Waals surface area contributed by atoms with Crippen molar-refractivity contribution < 1.29 is 9.00 Å². The first-order valence-corrected chi connectivity index (χ1v) is 6.76. The van der Waals surface area contributed by atoms with Gasteiger partial charge in [0.2, 0.25) is 0 Å². The van der Waals surface area contributed by atoms with Gasteiger partial charge in [0.1, 0.15) is 6.29 Å². The van der Waals surface area contributed by atoms with Gasteiger partial charge in [-0.25, -0.2) is 0 Å². The van der Waals surface area contributed by atoms with Crippen molar-refractivity contribution in [3.05, 3.63) is 54.1 Å². The molecule has 0 spiro atoms. The highest BCUT2D eigenvalue weighted by Gasteiger charge is 2.06. The number of hydrogen-bond acceptors (Lipinski definition) is 2. The normalized spacial score (nSPS) is 12.1. The van der Waals surface area contributed by atoms with E-state index in [2.05, 4.69) is 0 Å². The van der Waals surface area contributed by atoms with Crippen LogP contribution in [0.15, 0.2) is 53.4 Å². The van der Waals surface area contributed by atoms with Crippen LogP contribution in [0.3, 0.4) is 0 Å². The van der Waals surface area contributed by atoms with Crippen molar-refractivity contribution in [1.82, 2.24) is 0 Å². The number of benzene rings is 2. The van der Waals surface area contributed by atoms with Crippen molar-refractivity contribution in [3.63, 3.8) is 0 Å². The van der Waals surface area contributed by atoms with E-state index in [-0.39, 0.29) is 0 Å². The van der Waals surface area contributed by atoms with Crippen LogP contribution < -0.4 is 0 Å². The minimum absolute atomic E-state index is 0.642. The van der Waals surface area contributed by atoms with Crippen molar-refractivity contribution in [3.8, 4) is 11.1 Å². The molecular weight excluding hydrogens is 232 g/mol. The standard InChI is InChI=1S/C14H12O2S/c1-17(16)14-5-3-2-4-13(14)12-8-6-11(10-15)7-9-12/h2-10H,1H3. The molecule has 0 N–H and O–H groups in total. The van der Waals surface area contributed by atoms with Crippen LogP contribution in [0.2, 0.25) is 0 Å². The molecule has 17 heavy (non-hydrogen) atoms. The van der Waals surface area contributed by atoms with Crippen LogP contribution in [-0.4, -0.2) is 16.8 Å². The van der Waals surface area contributed by atoms with Gasteiger partial charge < -0.3 is 0 Å². The lowest BCUT2D eigenvalue weighted by molar-refractivity contribution is 0.112. The van der Waals surface area contributed by atoms with Gasteiger partial charge in [0.25, 0.3) is 0 Å². The molecule has 0 bridgehead atoms. The predicted octanol–water partition coefficient (Wildman–Crippen LogP) is 2.90. The summed E-state index contributed by atoms with van der Waals surface area (Å²) in [6.07, 6.45) is 2.48. The van der Waals surface area contributed by atoms with Crippen LogP contribution in [0.5, 0.6) is 0 Å². The minimum atomic E-state index is -1.02. The van der Waals surface area contributed by atoms with Gasteiger partial charge >= 0.3 is 0 Å². The van der Waals surface area contributed by atoms with E-state index in [4.69, 9.17) is 0 Å². The quantitative estimate of drug-likeness (QED) is 0.778. The SMILES string of the molecule is CS(=O)c1ccccc1-c1ccc(C=O)cc1. The second-order valence-corrected chi connectivity index (χ2v) is 5.04. The molecule has 2 rings (SSSR count). The number of hydrogen-bond donors (Lipinski definition) is 0. The number of carbonyl (C=O) groups is 1. The van der Waals surface area contributed by atoms with Crippen LogP contribution in [0, 0.1) is 0 Å². The summed E-state index contributed by atoms with van der Waals surface area (Å²) in [6, 6.07) is 14.9. The Morgan fingerprint density at radius 2 is 1.65 bits per heavy atom. The third-order valence-corrected chi connectivity index (χ3v) is 3.53. The maximum atomic E-state index is 11.6. The third-order valence-electron chi connectivity index (χ3n) is 2.55.